The van der Waals surface area contributed by atoms with Gasteiger partial charge in [-0.05, 0) is 43.7 Å². The van der Waals surface area contributed by atoms with Gasteiger partial charge in [0.05, 0.1) is 11.9 Å². The van der Waals surface area contributed by atoms with E-state index in [2.05, 4.69) is 94.9 Å². The van der Waals surface area contributed by atoms with Gasteiger partial charge in [-0.15, -0.1) is 11.3 Å². The van der Waals surface area contributed by atoms with Crippen molar-refractivity contribution in [2.75, 3.05) is 10.3 Å². The Labute approximate surface area is 181 Å². The average molecular weight is 413 g/mol. The minimum Gasteiger partial charge on any atom is -0.339 e. The predicted molar refractivity (Wildman–Crippen MR) is 129 cm³/mol. The molecule has 5 heteroatoms. The number of rotatable bonds is 7. The highest BCUT2D eigenvalue weighted by molar-refractivity contribution is 7.14. The predicted octanol–water partition coefficient (Wildman–Crippen LogP) is 6.80. The summed E-state index contributed by atoms with van der Waals surface area (Å²) in [5.74, 6) is 0. The molecule has 0 spiro atoms. The van der Waals surface area contributed by atoms with Crippen LogP contribution in [0.5, 0.6) is 0 Å². The van der Waals surface area contributed by atoms with Crippen molar-refractivity contribution in [3.05, 3.63) is 95.9 Å². The normalized spacial score (nSPS) is 11.2. The highest BCUT2D eigenvalue weighted by Gasteiger charge is 2.12. The number of aromatic nitrogens is 1. The topological polar surface area (TPSA) is 40.5 Å². The Morgan fingerprint density at radius 1 is 0.867 bits per heavy atom. The van der Waals surface area contributed by atoms with Gasteiger partial charge in [0, 0.05) is 28.4 Å². The lowest BCUT2D eigenvalue weighted by atomic mass is 10.1. The summed E-state index contributed by atoms with van der Waals surface area (Å²) < 4.78 is 0. The van der Waals surface area contributed by atoms with Crippen LogP contribution < -0.4 is 10.3 Å². The fourth-order valence-corrected chi connectivity index (χ4v) is 3.95. The highest BCUT2D eigenvalue weighted by atomic mass is 32.1. The lowest BCUT2D eigenvalue weighted by molar-refractivity contribution is 0.789. The minimum absolute atomic E-state index is 0.359. The van der Waals surface area contributed by atoms with E-state index in [-0.39, 0.29) is 0 Å². The SMILES string of the molecule is CC(C)N(c1ccccc1)c1ccc(C=NNc2nc(-c3ccccc3)cs2)cc1. The molecule has 4 rings (SSSR count). The van der Waals surface area contributed by atoms with Gasteiger partial charge in [-0.25, -0.2) is 4.98 Å². The van der Waals surface area contributed by atoms with Gasteiger partial charge >= 0.3 is 0 Å². The minimum atomic E-state index is 0.359. The van der Waals surface area contributed by atoms with Crippen LogP contribution >= 0.6 is 11.3 Å². The van der Waals surface area contributed by atoms with E-state index < -0.39 is 0 Å². The number of hydrogen-bond donors (Lipinski definition) is 1. The van der Waals surface area contributed by atoms with E-state index in [1.807, 2.05) is 35.9 Å². The van der Waals surface area contributed by atoms with Gasteiger partial charge in [0.1, 0.15) is 0 Å². The highest BCUT2D eigenvalue weighted by Crippen LogP contribution is 2.28. The van der Waals surface area contributed by atoms with Gasteiger partial charge < -0.3 is 4.90 Å². The zero-order valence-corrected chi connectivity index (χ0v) is 17.9. The summed E-state index contributed by atoms with van der Waals surface area (Å²) in [5.41, 5.74) is 8.47. The third-order valence-corrected chi connectivity index (χ3v) is 5.42. The smallest absolute Gasteiger partial charge is 0.203 e. The molecule has 150 valence electrons. The quantitative estimate of drug-likeness (QED) is 0.268. The Morgan fingerprint density at radius 2 is 1.50 bits per heavy atom. The lowest BCUT2D eigenvalue weighted by Crippen LogP contribution is -2.25. The van der Waals surface area contributed by atoms with Crippen LogP contribution in [-0.2, 0) is 0 Å². The maximum atomic E-state index is 4.59. The summed E-state index contributed by atoms with van der Waals surface area (Å²) in [6, 6.07) is 29.4. The molecule has 0 saturated heterocycles. The lowest BCUT2D eigenvalue weighted by Gasteiger charge is -2.29. The standard InChI is InChI=1S/C25H24N4S/c1-19(2)29(22-11-7-4-8-12-22)23-15-13-20(14-16-23)17-26-28-25-27-24(18-30-25)21-9-5-3-6-10-21/h3-19H,1-2H3,(H,27,28). The molecular weight excluding hydrogens is 388 g/mol. The number of nitrogens with one attached hydrogen (secondary N) is 1. The van der Waals surface area contributed by atoms with Gasteiger partial charge in [-0.2, -0.15) is 5.10 Å². The molecule has 4 nitrogen and oxygen atoms in total. The monoisotopic (exact) mass is 412 g/mol. The molecule has 0 bridgehead atoms. The average Bonchev–Trinajstić information content (AvgIpc) is 3.25. The number of hydrazone groups is 1. The Kier molecular flexibility index (Phi) is 6.20. The van der Waals surface area contributed by atoms with E-state index in [4.69, 9.17) is 0 Å². The molecule has 0 aliphatic carbocycles. The van der Waals surface area contributed by atoms with Crippen molar-refractivity contribution in [1.29, 1.82) is 0 Å². The zero-order chi connectivity index (χ0) is 20.8. The summed E-state index contributed by atoms with van der Waals surface area (Å²) in [7, 11) is 0. The number of nitrogens with zero attached hydrogens (tertiary/aromatic N) is 3. The zero-order valence-electron chi connectivity index (χ0n) is 17.1. The van der Waals surface area contributed by atoms with Crippen LogP contribution in [0.25, 0.3) is 11.3 Å². The maximum absolute atomic E-state index is 4.59. The van der Waals surface area contributed by atoms with Crippen molar-refractivity contribution in [2.24, 2.45) is 5.10 Å². The first kappa shape index (κ1) is 19.9. The molecule has 0 atom stereocenters. The molecule has 30 heavy (non-hydrogen) atoms. The Bertz CT molecular complexity index is 1090. The molecule has 1 heterocycles. The Morgan fingerprint density at radius 3 is 2.17 bits per heavy atom. The second-order valence-electron chi connectivity index (χ2n) is 7.16. The van der Waals surface area contributed by atoms with Crippen LogP contribution in [0.1, 0.15) is 19.4 Å². The molecule has 0 fully saturated rings. The summed E-state index contributed by atoms with van der Waals surface area (Å²) in [6.45, 7) is 4.40. The van der Waals surface area contributed by atoms with Gasteiger partial charge in [0.25, 0.3) is 0 Å². The number of para-hydroxylation sites is 1. The third-order valence-electron chi connectivity index (χ3n) is 4.67. The van der Waals surface area contributed by atoms with E-state index in [0.29, 0.717) is 6.04 Å². The number of hydrogen-bond acceptors (Lipinski definition) is 5. The second-order valence-corrected chi connectivity index (χ2v) is 8.02. The van der Waals surface area contributed by atoms with Crippen LogP contribution in [0.15, 0.2) is 95.4 Å². The number of anilines is 3. The van der Waals surface area contributed by atoms with Crippen molar-refractivity contribution in [3.8, 4) is 11.3 Å². The summed E-state index contributed by atoms with van der Waals surface area (Å²) >= 11 is 1.54. The fourth-order valence-electron chi connectivity index (χ4n) is 3.28. The first-order valence-corrected chi connectivity index (χ1v) is 10.8. The molecule has 0 aliphatic heterocycles. The van der Waals surface area contributed by atoms with Crippen LogP contribution in [-0.4, -0.2) is 17.2 Å². The summed E-state index contributed by atoms with van der Waals surface area (Å²) in [6.07, 6.45) is 1.82. The van der Waals surface area contributed by atoms with Crippen molar-refractivity contribution in [1.82, 2.24) is 4.98 Å². The summed E-state index contributed by atoms with van der Waals surface area (Å²) in [5, 5.41) is 7.15. The van der Waals surface area contributed by atoms with Crippen LogP contribution in [0.2, 0.25) is 0 Å². The van der Waals surface area contributed by atoms with E-state index >= 15 is 0 Å². The molecule has 0 unspecified atom stereocenters. The van der Waals surface area contributed by atoms with Crippen LogP contribution in [0.3, 0.4) is 0 Å². The molecule has 0 aliphatic rings. The van der Waals surface area contributed by atoms with Crippen LogP contribution in [0.4, 0.5) is 16.5 Å². The summed E-state index contributed by atoms with van der Waals surface area (Å²) in [4.78, 5) is 6.91. The largest absolute Gasteiger partial charge is 0.339 e. The van der Waals surface area contributed by atoms with Crippen molar-refractivity contribution in [3.63, 3.8) is 0 Å². The Balaban J connectivity index is 1.42. The number of thiazole rings is 1. The number of benzene rings is 3. The molecule has 1 N–H and O–H groups in total. The fraction of sp³-hybridized carbons (Fsp3) is 0.120. The van der Waals surface area contributed by atoms with Gasteiger partial charge in [0.2, 0.25) is 5.13 Å². The first-order valence-electron chi connectivity index (χ1n) is 9.95. The molecule has 4 aromatic rings. The van der Waals surface area contributed by atoms with Crippen LogP contribution in [0, 0.1) is 0 Å². The van der Waals surface area contributed by atoms with E-state index in [1.54, 1.807) is 11.3 Å². The molecule has 0 saturated carbocycles. The van der Waals surface area contributed by atoms with Crippen molar-refractivity contribution >= 4 is 34.1 Å². The second kappa shape index (κ2) is 9.37. The van der Waals surface area contributed by atoms with E-state index in [1.165, 1.54) is 5.69 Å². The van der Waals surface area contributed by atoms with Crippen molar-refractivity contribution < 1.29 is 0 Å². The van der Waals surface area contributed by atoms with Crippen molar-refractivity contribution in [2.45, 2.75) is 19.9 Å². The molecule has 1 aromatic heterocycles. The van der Waals surface area contributed by atoms with E-state index in [9.17, 15) is 0 Å². The van der Waals surface area contributed by atoms with Gasteiger partial charge in [0.15, 0.2) is 0 Å². The Hall–Kier alpha value is -3.44. The van der Waals surface area contributed by atoms with E-state index in [0.717, 1.165) is 27.6 Å². The molecule has 0 amide bonds. The third kappa shape index (κ3) is 4.75. The van der Waals surface area contributed by atoms with Gasteiger partial charge in [-0.3, -0.25) is 5.43 Å². The molecular formula is C25H24N4S. The van der Waals surface area contributed by atoms with Gasteiger partial charge in [-0.1, -0.05) is 60.7 Å². The first-order chi connectivity index (χ1) is 14.7. The molecule has 3 aromatic carbocycles. The maximum Gasteiger partial charge on any atom is 0.203 e. The molecule has 0 radical (unpaired) electrons.